The van der Waals surface area contributed by atoms with E-state index in [0.717, 1.165) is 0 Å². The molecule has 18 heavy (non-hydrogen) atoms. The van der Waals surface area contributed by atoms with Crippen LogP contribution < -0.4 is 10.5 Å². The second kappa shape index (κ2) is 5.25. The summed E-state index contributed by atoms with van der Waals surface area (Å²) in [5.41, 5.74) is 3.31. The monoisotopic (exact) mass is 270 g/mol. The van der Waals surface area contributed by atoms with Gasteiger partial charge in [0.25, 0.3) is 6.43 Å². The van der Waals surface area contributed by atoms with Crippen molar-refractivity contribution in [1.82, 2.24) is 4.98 Å². The van der Waals surface area contributed by atoms with Crippen molar-refractivity contribution in [3.05, 3.63) is 22.9 Å². The van der Waals surface area contributed by atoms with Gasteiger partial charge in [0.2, 0.25) is 5.88 Å². The number of carbonyl (C=O) groups is 1. The van der Waals surface area contributed by atoms with Gasteiger partial charge >= 0.3 is 6.36 Å². The third kappa shape index (κ3) is 3.36. The van der Waals surface area contributed by atoms with Crippen molar-refractivity contribution < 1.29 is 31.5 Å². The van der Waals surface area contributed by atoms with Crippen molar-refractivity contribution in [2.45, 2.75) is 19.3 Å². The molecule has 0 saturated heterocycles. The third-order valence-electron chi connectivity index (χ3n) is 1.91. The number of aldehydes is 1. The van der Waals surface area contributed by atoms with Crippen LogP contribution in [0.3, 0.4) is 0 Å². The summed E-state index contributed by atoms with van der Waals surface area (Å²) in [5, 5.41) is 0. The average Bonchev–Trinajstić information content (AvgIpc) is 2.25. The molecule has 0 spiro atoms. The molecule has 0 radical (unpaired) electrons. The predicted molar refractivity (Wildman–Crippen MR) is 49.2 cm³/mol. The molecule has 0 aliphatic rings. The van der Waals surface area contributed by atoms with E-state index in [0.29, 0.717) is 6.07 Å². The lowest BCUT2D eigenvalue weighted by molar-refractivity contribution is -0.276. The van der Waals surface area contributed by atoms with Crippen LogP contribution in [0.1, 0.15) is 28.0 Å². The fourth-order valence-corrected chi connectivity index (χ4v) is 1.25. The molecule has 100 valence electrons. The Labute approximate surface area is 97.6 Å². The van der Waals surface area contributed by atoms with Gasteiger partial charge in [-0.15, -0.1) is 13.2 Å². The first-order valence-corrected chi connectivity index (χ1v) is 4.51. The Balaban J connectivity index is 3.32. The second-order valence-electron chi connectivity index (χ2n) is 3.08. The molecule has 0 bridgehead atoms. The Hall–Kier alpha value is -1.77. The summed E-state index contributed by atoms with van der Waals surface area (Å²) >= 11 is 0. The number of halogens is 5. The third-order valence-corrected chi connectivity index (χ3v) is 1.91. The summed E-state index contributed by atoms with van der Waals surface area (Å²) in [6.07, 6.45) is -8.15. The van der Waals surface area contributed by atoms with Gasteiger partial charge in [-0.05, 0) is 0 Å². The van der Waals surface area contributed by atoms with E-state index >= 15 is 0 Å². The van der Waals surface area contributed by atoms with Crippen molar-refractivity contribution >= 4 is 6.29 Å². The molecule has 1 heterocycles. The fourth-order valence-electron chi connectivity index (χ4n) is 1.25. The van der Waals surface area contributed by atoms with E-state index in [9.17, 15) is 26.7 Å². The van der Waals surface area contributed by atoms with Crippen LogP contribution in [-0.2, 0) is 6.54 Å². The lowest BCUT2D eigenvalue weighted by Gasteiger charge is -2.13. The number of aromatic nitrogens is 1. The van der Waals surface area contributed by atoms with Gasteiger partial charge in [-0.1, -0.05) is 0 Å². The molecule has 0 atom stereocenters. The van der Waals surface area contributed by atoms with Crippen molar-refractivity contribution in [3.63, 3.8) is 0 Å². The number of ether oxygens (including phenoxy) is 1. The number of nitrogens with zero attached hydrogens (tertiary/aromatic N) is 1. The van der Waals surface area contributed by atoms with Crippen LogP contribution in [0.2, 0.25) is 0 Å². The Kier molecular flexibility index (Phi) is 4.17. The number of rotatable bonds is 4. The summed E-state index contributed by atoms with van der Waals surface area (Å²) in [7, 11) is 0. The molecular weight excluding hydrogens is 263 g/mol. The zero-order valence-electron chi connectivity index (χ0n) is 8.67. The van der Waals surface area contributed by atoms with E-state index in [2.05, 4.69) is 9.72 Å². The first kappa shape index (κ1) is 14.3. The molecular formula is C9H7F5N2O2. The number of hydrogen-bond acceptors (Lipinski definition) is 4. The summed E-state index contributed by atoms with van der Waals surface area (Å²) < 4.78 is 64.4. The van der Waals surface area contributed by atoms with Gasteiger partial charge in [-0.3, -0.25) is 4.79 Å². The molecule has 2 N–H and O–H groups in total. The fraction of sp³-hybridized carbons (Fsp3) is 0.333. The predicted octanol–water partition coefficient (Wildman–Crippen LogP) is 2.19. The highest BCUT2D eigenvalue weighted by Gasteiger charge is 2.33. The van der Waals surface area contributed by atoms with Crippen LogP contribution in [0.4, 0.5) is 22.0 Å². The van der Waals surface area contributed by atoms with Gasteiger partial charge in [0, 0.05) is 23.7 Å². The van der Waals surface area contributed by atoms with Crippen molar-refractivity contribution in [2.75, 3.05) is 0 Å². The van der Waals surface area contributed by atoms with Gasteiger partial charge in [0.15, 0.2) is 6.29 Å². The lowest BCUT2D eigenvalue weighted by atomic mass is 10.1. The average molecular weight is 270 g/mol. The Morgan fingerprint density at radius 1 is 1.44 bits per heavy atom. The van der Waals surface area contributed by atoms with Crippen molar-refractivity contribution in [3.8, 4) is 5.88 Å². The van der Waals surface area contributed by atoms with E-state index < -0.39 is 36.3 Å². The molecule has 1 rings (SSSR count). The van der Waals surface area contributed by atoms with E-state index in [1.807, 2.05) is 0 Å². The Morgan fingerprint density at radius 2 is 2.06 bits per heavy atom. The number of pyridine rings is 1. The zero-order chi connectivity index (χ0) is 13.9. The lowest BCUT2D eigenvalue weighted by Crippen LogP contribution is -2.19. The van der Waals surface area contributed by atoms with Crippen LogP contribution >= 0.6 is 0 Å². The maximum Gasteiger partial charge on any atom is 0.574 e. The van der Waals surface area contributed by atoms with Gasteiger partial charge in [0.1, 0.15) is 0 Å². The molecule has 4 nitrogen and oxygen atoms in total. The first-order valence-electron chi connectivity index (χ1n) is 4.51. The second-order valence-corrected chi connectivity index (χ2v) is 3.08. The molecule has 0 fully saturated rings. The van der Waals surface area contributed by atoms with Gasteiger partial charge < -0.3 is 10.5 Å². The van der Waals surface area contributed by atoms with E-state index in [1.54, 1.807) is 0 Å². The van der Waals surface area contributed by atoms with Crippen molar-refractivity contribution in [1.29, 1.82) is 0 Å². The molecule has 0 amide bonds. The SMILES string of the molecule is NCc1nc(OC(F)(F)F)cc(C(F)F)c1C=O. The van der Waals surface area contributed by atoms with Crippen LogP contribution in [0, 0.1) is 0 Å². The largest absolute Gasteiger partial charge is 0.574 e. The van der Waals surface area contributed by atoms with E-state index in [4.69, 9.17) is 5.73 Å². The summed E-state index contributed by atoms with van der Waals surface area (Å²) in [6.45, 7) is -0.469. The van der Waals surface area contributed by atoms with Crippen LogP contribution in [0.5, 0.6) is 5.88 Å². The highest BCUT2D eigenvalue weighted by atomic mass is 19.4. The maximum atomic E-state index is 12.6. The minimum atomic E-state index is -5.07. The Bertz CT molecular complexity index is 447. The quantitative estimate of drug-likeness (QED) is 0.672. The smallest absolute Gasteiger partial charge is 0.388 e. The normalized spacial score (nSPS) is 11.7. The molecule has 0 aromatic carbocycles. The molecule has 0 saturated carbocycles. The first-order chi connectivity index (χ1) is 8.28. The van der Waals surface area contributed by atoms with Crippen LogP contribution in [-0.4, -0.2) is 17.6 Å². The molecule has 1 aromatic heterocycles. The summed E-state index contributed by atoms with van der Waals surface area (Å²) in [4.78, 5) is 13.9. The molecule has 9 heteroatoms. The molecule has 0 aliphatic heterocycles. The van der Waals surface area contributed by atoms with Gasteiger partial charge in [0.05, 0.1) is 5.69 Å². The number of carbonyl (C=O) groups excluding carboxylic acids is 1. The molecule has 1 aromatic rings. The minimum Gasteiger partial charge on any atom is -0.388 e. The van der Waals surface area contributed by atoms with E-state index in [1.165, 1.54) is 0 Å². The summed E-state index contributed by atoms with van der Waals surface area (Å²) in [6, 6.07) is 0.362. The van der Waals surface area contributed by atoms with Crippen LogP contribution in [0.15, 0.2) is 6.07 Å². The van der Waals surface area contributed by atoms with Crippen molar-refractivity contribution in [2.24, 2.45) is 5.73 Å². The topological polar surface area (TPSA) is 65.2 Å². The number of nitrogens with two attached hydrogens (primary N) is 1. The maximum absolute atomic E-state index is 12.6. The van der Waals surface area contributed by atoms with Gasteiger partial charge in [-0.2, -0.15) is 0 Å². The number of alkyl halides is 5. The Morgan fingerprint density at radius 3 is 2.44 bits per heavy atom. The summed E-state index contributed by atoms with van der Waals surface area (Å²) in [5.74, 6) is -1.08. The van der Waals surface area contributed by atoms with Gasteiger partial charge in [-0.25, -0.2) is 13.8 Å². The zero-order valence-corrected chi connectivity index (χ0v) is 8.67. The molecule has 0 aliphatic carbocycles. The molecule has 0 unspecified atom stereocenters. The van der Waals surface area contributed by atoms with E-state index in [-0.39, 0.29) is 12.0 Å². The highest BCUT2D eigenvalue weighted by molar-refractivity contribution is 5.79. The van der Waals surface area contributed by atoms with Crippen LogP contribution in [0.25, 0.3) is 0 Å². The highest BCUT2D eigenvalue weighted by Crippen LogP contribution is 2.29. The minimum absolute atomic E-state index is 0.0635. The standard InChI is InChI=1S/C9H7F5N2O2/c10-8(11)4-1-7(18-9(12,13)14)16-6(2-15)5(4)3-17/h1,3,8H,2,15H2. The number of hydrogen-bond donors (Lipinski definition) is 1.